The molecule has 17 heavy (non-hydrogen) atoms. The second-order valence-corrected chi connectivity index (χ2v) is 4.42. The Morgan fingerprint density at radius 1 is 1.24 bits per heavy atom. The van der Waals surface area contributed by atoms with Crippen LogP contribution in [-0.2, 0) is 0 Å². The fraction of sp³-hybridized carbons (Fsp3) is 0.571. The van der Waals surface area contributed by atoms with Crippen molar-refractivity contribution in [1.29, 1.82) is 0 Å². The molecule has 0 unspecified atom stereocenters. The Bertz CT molecular complexity index is 363. The Kier molecular flexibility index (Phi) is 5.29. The lowest BCUT2D eigenvalue weighted by Crippen LogP contribution is -2.23. The molecule has 3 nitrogen and oxygen atoms in total. The number of methoxy groups -OCH3 is 1. The molecule has 3 heteroatoms. The third-order valence-electron chi connectivity index (χ3n) is 3.26. The van der Waals surface area contributed by atoms with E-state index in [-0.39, 0.29) is 0 Å². The van der Waals surface area contributed by atoms with Gasteiger partial charge in [-0.3, -0.25) is 0 Å². The lowest BCUT2D eigenvalue weighted by Gasteiger charge is -2.23. The predicted molar refractivity (Wildman–Crippen MR) is 74.3 cm³/mol. The van der Waals surface area contributed by atoms with Crippen LogP contribution in [0.4, 0.5) is 5.69 Å². The molecule has 96 valence electrons. The lowest BCUT2D eigenvalue weighted by atomic mass is 10.1. The van der Waals surface area contributed by atoms with Crippen molar-refractivity contribution in [1.82, 2.24) is 5.32 Å². The molecular formula is C14H24N2O. The highest BCUT2D eigenvalue weighted by Crippen LogP contribution is 2.29. The normalized spacial score (nSPS) is 10.4. The van der Waals surface area contributed by atoms with Gasteiger partial charge in [0.25, 0.3) is 0 Å². The van der Waals surface area contributed by atoms with Crippen molar-refractivity contribution in [2.45, 2.75) is 20.3 Å². The van der Waals surface area contributed by atoms with Gasteiger partial charge in [0.05, 0.1) is 7.11 Å². The van der Waals surface area contributed by atoms with E-state index in [1.807, 2.05) is 13.1 Å². The molecule has 0 atom stereocenters. The van der Waals surface area contributed by atoms with Crippen LogP contribution in [0.25, 0.3) is 0 Å². The molecule has 1 aromatic rings. The number of rotatable bonds is 6. The number of benzene rings is 1. The molecule has 1 aromatic carbocycles. The fourth-order valence-corrected chi connectivity index (χ4v) is 2.03. The molecule has 0 aliphatic carbocycles. The Hall–Kier alpha value is -1.22. The van der Waals surface area contributed by atoms with Crippen LogP contribution in [0, 0.1) is 13.8 Å². The van der Waals surface area contributed by atoms with Gasteiger partial charge in [-0.2, -0.15) is 0 Å². The lowest BCUT2D eigenvalue weighted by molar-refractivity contribution is 0.411. The van der Waals surface area contributed by atoms with Gasteiger partial charge in [0.15, 0.2) is 0 Å². The summed E-state index contributed by atoms with van der Waals surface area (Å²) in [5.41, 5.74) is 3.82. The van der Waals surface area contributed by atoms with Crippen LogP contribution in [0.15, 0.2) is 12.1 Å². The molecule has 0 amide bonds. The zero-order valence-corrected chi connectivity index (χ0v) is 11.6. The fourth-order valence-electron chi connectivity index (χ4n) is 2.03. The number of hydrogen-bond donors (Lipinski definition) is 1. The van der Waals surface area contributed by atoms with E-state index >= 15 is 0 Å². The van der Waals surface area contributed by atoms with Gasteiger partial charge in [-0.1, -0.05) is 0 Å². The second kappa shape index (κ2) is 6.50. The first-order valence-corrected chi connectivity index (χ1v) is 6.11. The maximum atomic E-state index is 5.33. The van der Waals surface area contributed by atoms with E-state index in [4.69, 9.17) is 4.74 Å². The van der Waals surface area contributed by atoms with Crippen LogP contribution < -0.4 is 15.0 Å². The Labute approximate surface area is 105 Å². The van der Waals surface area contributed by atoms with Crippen LogP contribution in [0.3, 0.4) is 0 Å². The summed E-state index contributed by atoms with van der Waals surface area (Å²) in [4.78, 5) is 2.30. The van der Waals surface area contributed by atoms with Crippen LogP contribution in [0.2, 0.25) is 0 Å². The van der Waals surface area contributed by atoms with E-state index in [2.05, 4.69) is 37.2 Å². The van der Waals surface area contributed by atoms with E-state index in [0.717, 1.165) is 25.3 Å². The molecular weight excluding hydrogens is 212 g/mol. The number of hydrogen-bond acceptors (Lipinski definition) is 3. The first kappa shape index (κ1) is 13.8. The van der Waals surface area contributed by atoms with Crippen molar-refractivity contribution in [3.05, 3.63) is 23.3 Å². The second-order valence-electron chi connectivity index (χ2n) is 4.42. The Morgan fingerprint density at radius 2 is 1.94 bits per heavy atom. The van der Waals surface area contributed by atoms with E-state index < -0.39 is 0 Å². The minimum absolute atomic E-state index is 0.967. The Morgan fingerprint density at radius 3 is 2.53 bits per heavy atom. The van der Waals surface area contributed by atoms with E-state index in [1.54, 1.807) is 7.11 Å². The van der Waals surface area contributed by atoms with Crippen molar-refractivity contribution in [2.24, 2.45) is 0 Å². The Balaban J connectivity index is 2.80. The molecule has 0 radical (unpaired) electrons. The molecule has 0 bridgehead atoms. The maximum Gasteiger partial charge on any atom is 0.122 e. The quantitative estimate of drug-likeness (QED) is 0.767. The number of nitrogens with one attached hydrogen (secondary N) is 1. The van der Waals surface area contributed by atoms with Gasteiger partial charge in [0, 0.05) is 19.3 Å². The van der Waals surface area contributed by atoms with Crippen LogP contribution in [0.1, 0.15) is 17.5 Å². The molecule has 0 saturated carbocycles. The van der Waals surface area contributed by atoms with Crippen LogP contribution in [-0.4, -0.2) is 34.3 Å². The van der Waals surface area contributed by atoms with Crippen molar-refractivity contribution in [3.63, 3.8) is 0 Å². The molecule has 0 aliphatic rings. The molecule has 0 aliphatic heterocycles. The van der Waals surface area contributed by atoms with Crippen molar-refractivity contribution >= 4 is 5.69 Å². The summed E-state index contributed by atoms with van der Waals surface area (Å²) in [6.07, 6.45) is 1.15. The molecule has 0 heterocycles. The first-order valence-electron chi connectivity index (χ1n) is 6.11. The first-order chi connectivity index (χ1) is 8.11. The highest BCUT2D eigenvalue weighted by atomic mass is 16.5. The summed E-state index contributed by atoms with van der Waals surface area (Å²) in [6.45, 7) is 6.38. The molecule has 0 saturated heterocycles. The summed E-state index contributed by atoms with van der Waals surface area (Å²) in [7, 11) is 5.85. The average Bonchev–Trinajstić information content (AvgIpc) is 2.32. The minimum atomic E-state index is 0.967. The van der Waals surface area contributed by atoms with E-state index in [0.29, 0.717) is 0 Å². The topological polar surface area (TPSA) is 24.5 Å². The van der Waals surface area contributed by atoms with E-state index in [9.17, 15) is 0 Å². The van der Waals surface area contributed by atoms with E-state index in [1.165, 1.54) is 16.8 Å². The SMILES string of the molecule is CNCCCN(C)c1ccc(OC)c(C)c1C. The summed E-state index contributed by atoms with van der Waals surface area (Å²) in [6, 6.07) is 4.19. The average molecular weight is 236 g/mol. The summed E-state index contributed by atoms with van der Waals surface area (Å²) >= 11 is 0. The van der Waals surface area contributed by atoms with Crippen molar-refractivity contribution in [2.75, 3.05) is 39.2 Å². The van der Waals surface area contributed by atoms with Crippen LogP contribution in [0.5, 0.6) is 5.75 Å². The smallest absolute Gasteiger partial charge is 0.122 e. The third-order valence-corrected chi connectivity index (χ3v) is 3.26. The van der Waals surface area contributed by atoms with Crippen molar-refractivity contribution in [3.8, 4) is 5.75 Å². The van der Waals surface area contributed by atoms with Crippen molar-refractivity contribution < 1.29 is 4.74 Å². The van der Waals surface area contributed by atoms with Gasteiger partial charge in [0.1, 0.15) is 5.75 Å². The van der Waals surface area contributed by atoms with Crippen LogP contribution >= 0.6 is 0 Å². The van der Waals surface area contributed by atoms with Gasteiger partial charge in [0.2, 0.25) is 0 Å². The number of nitrogens with zero attached hydrogens (tertiary/aromatic N) is 1. The minimum Gasteiger partial charge on any atom is -0.496 e. The molecule has 0 aromatic heterocycles. The van der Waals surface area contributed by atoms with Gasteiger partial charge in [-0.15, -0.1) is 0 Å². The van der Waals surface area contributed by atoms with Gasteiger partial charge in [-0.25, -0.2) is 0 Å². The largest absolute Gasteiger partial charge is 0.496 e. The number of anilines is 1. The molecule has 1 rings (SSSR count). The summed E-state index contributed by atoms with van der Waals surface area (Å²) in [5, 5.41) is 3.17. The standard InChI is InChI=1S/C14H24N2O/c1-11-12(2)14(17-5)8-7-13(11)16(4)10-6-9-15-3/h7-8,15H,6,9-10H2,1-5H3. The highest BCUT2D eigenvalue weighted by Gasteiger charge is 2.09. The highest BCUT2D eigenvalue weighted by molar-refractivity contribution is 5.59. The molecule has 0 spiro atoms. The third kappa shape index (κ3) is 3.37. The number of ether oxygens (including phenoxy) is 1. The molecule has 1 N–H and O–H groups in total. The summed E-state index contributed by atoms with van der Waals surface area (Å²) < 4.78 is 5.33. The predicted octanol–water partition coefficient (Wildman–Crippen LogP) is 2.36. The van der Waals surface area contributed by atoms with Gasteiger partial charge < -0.3 is 15.0 Å². The zero-order valence-electron chi connectivity index (χ0n) is 11.6. The van der Waals surface area contributed by atoms with Gasteiger partial charge >= 0.3 is 0 Å². The van der Waals surface area contributed by atoms with Gasteiger partial charge in [-0.05, 0) is 57.1 Å². The molecule has 0 fully saturated rings. The zero-order chi connectivity index (χ0) is 12.8. The summed E-state index contributed by atoms with van der Waals surface area (Å²) in [5.74, 6) is 0.967. The monoisotopic (exact) mass is 236 g/mol. The maximum absolute atomic E-state index is 5.33.